The summed E-state index contributed by atoms with van der Waals surface area (Å²) in [7, 11) is 3.17. The van der Waals surface area contributed by atoms with Crippen LogP contribution in [-0.2, 0) is 0 Å². The number of methoxy groups -OCH3 is 2. The predicted octanol–water partition coefficient (Wildman–Crippen LogP) is 2.31. The summed E-state index contributed by atoms with van der Waals surface area (Å²) in [4.78, 5) is 0. The summed E-state index contributed by atoms with van der Waals surface area (Å²) in [5, 5.41) is 18.4. The highest BCUT2D eigenvalue weighted by molar-refractivity contribution is 9.10. The molecule has 0 aliphatic rings. The molecule has 2 atom stereocenters. The van der Waals surface area contributed by atoms with Crippen LogP contribution in [0, 0.1) is 0 Å². The molecular weight excluding hydrogens is 300 g/mol. The molecule has 0 bridgehead atoms. The zero-order chi connectivity index (χ0) is 13.7. The van der Waals surface area contributed by atoms with Crippen molar-refractivity contribution in [2.24, 2.45) is 0 Å². The summed E-state index contributed by atoms with van der Waals surface area (Å²) < 4.78 is 11.4. The van der Waals surface area contributed by atoms with Gasteiger partial charge >= 0.3 is 0 Å². The zero-order valence-corrected chi connectivity index (χ0v) is 12.4. The van der Waals surface area contributed by atoms with Gasteiger partial charge in [-0.3, -0.25) is 0 Å². The van der Waals surface area contributed by atoms with Crippen LogP contribution in [0.5, 0.6) is 11.5 Å². The molecular formula is C13H19BrO4. The van der Waals surface area contributed by atoms with Gasteiger partial charge in [0.1, 0.15) is 0 Å². The first kappa shape index (κ1) is 15.3. The van der Waals surface area contributed by atoms with Gasteiger partial charge in [0.2, 0.25) is 0 Å². The molecule has 4 nitrogen and oxygen atoms in total. The summed E-state index contributed by atoms with van der Waals surface area (Å²) >= 11 is 3.48. The van der Waals surface area contributed by atoms with Crippen molar-refractivity contribution in [3.05, 3.63) is 22.2 Å². The first-order valence-corrected chi connectivity index (χ1v) is 6.53. The van der Waals surface area contributed by atoms with Gasteiger partial charge in [-0.2, -0.15) is 0 Å². The fourth-order valence-corrected chi connectivity index (χ4v) is 2.57. The lowest BCUT2D eigenvalue weighted by Gasteiger charge is -2.18. The molecule has 1 aromatic carbocycles. The number of aliphatic hydroxyl groups excluding tert-OH is 2. The minimum Gasteiger partial charge on any atom is -0.493 e. The third-order valence-corrected chi connectivity index (χ3v) is 3.56. The topological polar surface area (TPSA) is 58.9 Å². The minimum atomic E-state index is -0.708. The van der Waals surface area contributed by atoms with Crippen LogP contribution in [0.2, 0.25) is 0 Å². The highest BCUT2D eigenvalue weighted by Gasteiger charge is 2.17. The van der Waals surface area contributed by atoms with Gasteiger partial charge in [-0.25, -0.2) is 0 Å². The van der Waals surface area contributed by atoms with Gasteiger partial charge in [0.05, 0.1) is 26.9 Å². The number of hydrogen-bond donors (Lipinski definition) is 2. The van der Waals surface area contributed by atoms with Crippen molar-refractivity contribution in [3.63, 3.8) is 0 Å². The van der Waals surface area contributed by atoms with Gasteiger partial charge in [0.25, 0.3) is 0 Å². The molecule has 0 amide bonds. The first-order valence-electron chi connectivity index (χ1n) is 5.73. The molecule has 2 N–H and O–H groups in total. The highest BCUT2D eigenvalue weighted by atomic mass is 79.9. The van der Waals surface area contributed by atoms with Crippen LogP contribution in [0.1, 0.15) is 24.8 Å². The molecule has 0 heterocycles. The number of rotatable bonds is 6. The third kappa shape index (κ3) is 3.60. The Balaban J connectivity index is 3.01. The van der Waals surface area contributed by atoms with Crippen molar-refractivity contribution in [3.8, 4) is 11.5 Å². The fourth-order valence-electron chi connectivity index (χ4n) is 1.86. The number of aliphatic hydroxyl groups is 2. The molecule has 0 aliphatic heterocycles. The monoisotopic (exact) mass is 318 g/mol. The number of benzene rings is 1. The van der Waals surface area contributed by atoms with Gasteiger partial charge in [-0.15, -0.1) is 0 Å². The van der Waals surface area contributed by atoms with E-state index in [0.29, 0.717) is 17.9 Å². The third-order valence-electron chi connectivity index (χ3n) is 2.87. The first-order chi connectivity index (χ1) is 8.53. The summed E-state index contributed by atoms with van der Waals surface area (Å²) in [6, 6.07) is 3.73. The van der Waals surface area contributed by atoms with E-state index in [1.165, 1.54) is 0 Å². The van der Waals surface area contributed by atoms with Gasteiger partial charge in [-0.05, 0) is 30.0 Å². The summed E-state index contributed by atoms with van der Waals surface area (Å²) in [5.41, 5.74) is 1.01. The molecule has 0 aliphatic carbocycles. The number of hydrogen-bond acceptors (Lipinski definition) is 4. The molecule has 0 spiro atoms. The summed E-state index contributed by atoms with van der Waals surface area (Å²) in [6.45, 7) is 1.76. The Hall–Kier alpha value is -0.780. The SMILES string of the molecule is COc1cc(Br)c(C(C)CC(O)CO)cc1OC. The van der Waals surface area contributed by atoms with Crippen molar-refractivity contribution in [1.29, 1.82) is 0 Å². The quantitative estimate of drug-likeness (QED) is 0.845. The van der Waals surface area contributed by atoms with E-state index in [0.717, 1.165) is 10.0 Å². The molecule has 18 heavy (non-hydrogen) atoms. The number of ether oxygens (including phenoxy) is 2. The van der Waals surface area contributed by atoms with E-state index in [9.17, 15) is 5.11 Å². The van der Waals surface area contributed by atoms with Crippen molar-refractivity contribution < 1.29 is 19.7 Å². The molecule has 0 saturated carbocycles. The largest absolute Gasteiger partial charge is 0.493 e. The van der Waals surface area contributed by atoms with Crippen LogP contribution in [0.15, 0.2) is 16.6 Å². The Bertz CT molecular complexity index is 395. The van der Waals surface area contributed by atoms with E-state index < -0.39 is 6.10 Å². The molecule has 0 radical (unpaired) electrons. The molecule has 0 aromatic heterocycles. The van der Waals surface area contributed by atoms with E-state index in [1.54, 1.807) is 14.2 Å². The summed E-state index contributed by atoms with van der Waals surface area (Å²) in [6.07, 6.45) is -0.218. The van der Waals surface area contributed by atoms with Gasteiger partial charge < -0.3 is 19.7 Å². The van der Waals surface area contributed by atoms with Crippen molar-refractivity contribution in [1.82, 2.24) is 0 Å². The van der Waals surface area contributed by atoms with Gasteiger partial charge in [-0.1, -0.05) is 22.9 Å². The maximum atomic E-state index is 9.49. The van der Waals surface area contributed by atoms with Gasteiger partial charge in [0, 0.05) is 4.47 Å². The van der Waals surface area contributed by atoms with Gasteiger partial charge in [0.15, 0.2) is 11.5 Å². The predicted molar refractivity (Wildman–Crippen MR) is 73.4 cm³/mol. The Morgan fingerprint density at radius 2 is 1.78 bits per heavy atom. The van der Waals surface area contributed by atoms with Crippen LogP contribution >= 0.6 is 15.9 Å². The normalized spacial score (nSPS) is 14.1. The van der Waals surface area contributed by atoms with Crippen molar-refractivity contribution in [2.75, 3.05) is 20.8 Å². The molecule has 0 saturated heterocycles. The average Bonchev–Trinajstić information content (AvgIpc) is 2.37. The Labute approximate surface area is 116 Å². The number of halogens is 1. The maximum Gasteiger partial charge on any atom is 0.161 e. The van der Waals surface area contributed by atoms with Crippen LogP contribution in [0.4, 0.5) is 0 Å². The molecule has 1 rings (SSSR count). The van der Waals surface area contributed by atoms with E-state index in [1.807, 2.05) is 19.1 Å². The summed E-state index contributed by atoms with van der Waals surface area (Å²) in [5.74, 6) is 1.41. The van der Waals surface area contributed by atoms with E-state index in [-0.39, 0.29) is 12.5 Å². The van der Waals surface area contributed by atoms with E-state index in [2.05, 4.69) is 15.9 Å². The lowest BCUT2D eigenvalue weighted by atomic mass is 9.95. The van der Waals surface area contributed by atoms with Crippen LogP contribution < -0.4 is 9.47 Å². The second-order valence-corrected chi connectivity index (χ2v) is 5.06. The Morgan fingerprint density at radius 1 is 1.22 bits per heavy atom. The zero-order valence-electron chi connectivity index (χ0n) is 10.8. The molecule has 2 unspecified atom stereocenters. The average molecular weight is 319 g/mol. The Kier molecular flexibility index (Phi) is 5.91. The maximum absolute atomic E-state index is 9.49. The van der Waals surface area contributed by atoms with E-state index >= 15 is 0 Å². The lowest BCUT2D eigenvalue weighted by Crippen LogP contribution is -2.15. The second kappa shape index (κ2) is 6.97. The smallest absolute Gasteiger partial charge is 0.161 e. The molecule has 0 fully saturated rings. The highest BCUT2D eigenvalue weighted by Crippen LogP contribution is 2.37. The molecule has 5 heteroatoms. The standard InChI is InChI=1S/C13H19BrO4/c1-8(4-9(16)7-15)10-5-12(17-2)13(18-3)6-11(10)14/h5-6,8-9,15-16H,4,7H2,1-3H3. The fraction of sp³-hybridized carbons (Fsp3) is 0.538. The lowest BCUT2D eigenvalue weighted by molar-refractivity contribution is 0.0834. The molecule has 102 valence electrons. The van der Waals surface area contributed by atoms with E-state index in [4.69, 9.17) is 14.6 Å². The minimum absolute atomic E-state index is 0.0985. The molecule has 1 aromatic rings. The van der Waals surface area contributed by atoms with Crippen LogP contribution in [0.25, 0.3) is 0 Å². The van der Waals surface area contributed by atoms with Crippen LogP contribution in [0.3, 0.4) is 0 Å². The Morgan fingerprint density at radius 3 is 2.28 bits per heavy atom. The second-order valence-electron chi connectivity index (χ2n) is 4.20. The van der Waals surface area contributed by atoms with Crippen molar-refractivity contribution in [2.45, 2.75) is 25.4 Å². The van der Waals surface area contributed by atoms with Crippen LogP contribution in [-0.4, -0.2) is 37.1 Å². The van der Waals surface area contributed by atoms with Crippen molar-refractivity contribution >= 4 is 15.9 Å².